The molecule has 96 valence electrons. The zero-order chi connectivity index (χ0) is 12.6. The molecule has 3 rings (SSSR count). The molecule has 0 amide bonds. The molecule has 0 aromatic heterocycles. The van der Waals surface area contributed by atoms with Gasteiger partial charge in [0, 0.05) is 0 Å². The molecule has 1 heterocycles. The lowest BCUT2D eigenvalue weighted by molar-refractivity contribution is -0.140. The van der Waals surface area contributed by atoms with Crippen LogP contribution in [0.1, 0.15) is 39.0 Å². The molecule has 3 heteroatoms. The van der Waals surface area contributed by atoms with Crippen LogP contribution < -0.4 is 4.74 Å². The molecule has 1 aliphatic carbocycles. The quantitative estimate of drug-likeness (QED) is 0.467. The fourth-order valence-corrected chi connectivity index (χ4v) is 3.20. The molecule has 1 unspecified atom stereocenters. The fraction of sp³-hybridized carbons (Fsp3) is 0.533. The van der Waals surface area contributed by atoms with Crippen molar-refractivity contribution in [1.82, 2.24) is 0 Å². The summed E-state index contributed by atoms with van der Waals surface area (Å²) in [6.07, 6.45) is 4.98. The Kier molecular flexibility index (Phi) is 2.67. The van der Waals surface area contributed by atoms with E-state index in [1.807, 2.05) is 25.1 Å². The molecule has 1 atom stereocenters. The average Bonchev–Trinajstić information content (AvgIpc) is 2.78. The van der Waals surface area contributed by atoms with E-state index >= 15 is 0 Å². The fourth-order valence-electron chi connectivity index (χ4n) is 3.20. The van der Waals surface area contributed by atoms with Gasteiger partial charge in [0.05, 0.1) is 0 Å². The Hall–Kier alpha value is -1.35. The monoisotopic (exact) mass is 246 g/mol. The summed E-state index contributed by atoms with van der Waals surface area (Å²) in [7, 11) is 0. The van der Waals surface area contributed by atoms with Crippen LogP contribution in [0.2, 0.25) is 0 Å². The highest BCUT2D eigenvalue weighted by Gasteiger charge is 2.74. The number of esters is 1. The Morgan fingerprint density at radius 3 is 2.56 bits per heavy atom. The lowest BCUT2D eigenvalue weighted by atomic mass is 9.89. The molecule has 1 spiro atoms. The molecule has 0 N–H and O–H groups in total. The minimum atomic E-state index is -0.681. The van der Waals surface area contributed by atoms with Crippen LogP contribution in [0.4, 0.5) is 0 Å². The van der Waals surface area contributed by atoms with Crippen LogP contribution in [-0.4, -0.2) is 17.2 Å². The van der Waals surface area contributed by atoms with E-state index < -0.39 is 5.60 Å². The van der Waals surface area contributed by atoms with Crippen molar-refractivity contribution in [2.45, 2.75) is 50.2 Å². The summed E-state index contributed by atoms with van der Waals surface area (Å²) in [6, 6.07) is 9.22. The van der Waals surface area contributed by atoms with E-state index in [0.29, 0.717) is 12.2 Å². The minimum absolute atomic E-state index is 0.215. The van der Waals surface area contributed by atoms with E-state index in [-0.39, 0.29) is 11.6 Å². The third-order valence-corrected chi connectivity index (χ3v) is 4.26. The van der Waals surface area contributed by atoms with Crippen LogP contribution in [0.25, 0.3) is 0 Å². The van der Waals surface area contributed by atoms with E-state index in [4.69, 9.17) is 9.47 Å². The first-order valence-corrected chi connectivity index (χ1v) is 6.70. The number of para-hydroxylation sites is 1. The molecule has 2 aliphatic rings. The zero-order valence-electron chi connectivity index (χ0n) is 10.6. The lowest BCUT2D eigenvalue weighted by Crippen LogP contribution is -2.35. The second kappa shape index (κ2) is 4.09. The summed E-state index contributed by atoms with van der Waals surface area (Å²) in [5, 5.41) is 0. The Morgan fingerprint density at radius 2 is 1.94 bits per heavy atom. The number of carbonyl (C=O) groups is 1. The standard InChI is InChI=1S/C15H18O3/c1-2-15(14(18-15)10-6-7-11-14)13(16)17-12-8-4-3-5-9-12/h3-5,8-9H,2,6-7,10-11H2,1H3. The second-order valence-electron chi connectivity index (χ2n) is 5.19. The molecule has 1 saturated heterocycles. The Morgan fingerprint density at radius 1 is 1.28 bits per heavy atom. The van der Waals surface area contributed by atoms with Crippen molar-refractivity contribution in [3.05, 3.63) is 30.3 Å². The van der Waals surface area contributed by atoms with Gasteiger partial charge in [0.1, 0.15) is 11.4 Å². The molecule has 1 aliphatic heterocycles. The van der Waals surface area contributed by atoms with Gasteiger partial charge in [-0.05, 0) is 31.4 Å². The summed E-state index contributed by atoms with van der Waals surface area (Å²) in [5.74, 6) is 0.372. The number of hydrogen-bond donors (Lipinski definition) is 0. The normalized spacial score (nSPS) is 28.3. The molecule has 1 aromatic rings. The maximum absolute atomic E-state index is 12.3. The van der Waals surface area contributed by atoms with Crippen LogP contribution in [-0.2, 0) is 9.53 Å². The van der Waals surface area contributed by atoms with Gasteiger partial charge in [-0.1, -0.05) is 38.0 Å². The third-order valence-electron chi connectivity index (χ3n) is 4.26. The second-order valence-corrected chi connectivity index (χ2v) is 5.19. The predicted octanol–water partition coefficient (Wildman–Crippen LogP) is 3.08. The first-order chi connectivity index (χ1) is 8.72. The van der Waals surface area contributed by atoms with Gasteiger partial charge in [0.2, 0.25) is 0 Å². The van der Waals surface area contributed by atoms with E-state index in [1.54, 1.807) is 12.1 Å². The smallest absolute Gasteiger partial charge is 0.346 e. The summed E-state index contributed by atoms with van der Waals surface area (Å²) >= 11 is 0. The lowest BCUT2D eigenvalue weighted by Gasteiger charge is -2.13. The van der Waals surface area contributed by atoms with E-state index in [0.717, 1.165) is 25.7 Å². The summed E-state index contributed by atoms with van der Waals surface area (Å²) in [6.45, 7) is 2.00. The molecule has 1 saturated carbocycles. The number of ether oxygens (including phenoxy) is 2. The topological polar surface area (TPSA) is 38.8 Å². The average molecular weight is 246 g/mol. The predicted molar refractivity (Wildman–Crippen MR) is 67.4 cm³/mol. The summed E-state index contributed by atoms with van der Waals surface area (Å²) < 4.78 is 11.3. The third kappa shape index (κ3) is 1.57. The van der Waals surface area contributed by atoms with Crippen molar-refractivity contribution in [2.75, 3.05) is 0 Å². The zero-order valence-corrected chi connectivity index (χ0v) is 10.6. The number of rotatable bonds is 3. The number of hydrogen-bond acceptors (Lipinski definition) is 3. The molecule has 1 aromatic carbocycles. The maximum atomic E-state index is 12.3. The van der Waals surface area contributed by atoms with Crippen molar-refractivity contribution < 1.29 is 14.3 Å². The van der Waals surface area contributed by atoms with Crippen LogP contribution in [0.3, 0.4) is 0 Å². The van der Waals surface area contributed by atoms with E-state index in [1.165, 1.54) is 0 Å². The number of epoxide rings is 1. The Labute approximate surface area is 107 Å². The maximum Gasteiger partial charge on any atom is 0.346 e. The molecule has 3 nitrogen and oxygen atoms in total. The van der Waals surface area contributed by atoms with E-state index in [2.05, 4.69) is 0 Å². The molecule has 0 bridgehead atoms. The highest BCUT2D eigenvalue weighted by atomic mass is 16.7. The molecule has 2 fully saturated rings. The van der Waals surface area contributed by atoms with Gasteiger partial charge in [0.15, 0.2) is 5.60 Å². The van der Waals surface area contributed by atoms with Crippen molar-refractivity contribution in [1.29, 1.82) is 0 Å². The van der Waals surface area contributed by atoms with Crippen LogP contribution in [0.15, 0.2) is 30.3 Å². The summed E-state index contributed by atoms with van der Waals surface area (Å²) in [4.78, 5) is 12.3. The highest BCUT2D eigenvalue weighted by Crippen LogP contribution is 2.60. The van der Waals surface area contributed by atoms with Gasteiger partial charge in [0.25, 0.3) is 0 Å². The Balaban J connectivity index is 1.76. The van der Waals surface area contributed by atoms with Crippen molar-refractivity contribution in [3.63, 3.8) is 0 Å². The number of benzene rings is 1. The van der Waals surface area contributed by atoms with Gasteiger partial charge >= 0.3 is 5.97 Å². The van der Waals surface area contributed by atoms with Gasteiger partial charge < -0.3 is 9.47 Å². The van der Waals surface area contributed by atoms with Crippen molar-refractivity contribution in [2.24, 2.45) is 0 Å². The largest absolute Gasteiger partial charge is 0.424 e. The molecular weight excluding hydrogens is 228 g/mol. The van der Waals surface area contributed by atoms with Crippen LogP contribution in [0.5, 0.6) is 5.75 Å². The molecular formula is C15H18O3. The first kappa shape index (κ1) is 11.7. The highest BCUT2D eigenvalue weighted by molar-refractivity contribution is 5.86. The Bertz CT molecular complexity index is 448. The molecule has 0 radical (unpaired) electrons. The summed E-state index contributed by atoms with van der Waals surface area (Å²) in [5.41, 5.74) is -0.896. The van der Waals surface area contributed by atoms with E-state index in [9.17, 15) is 4.79 Å². The minimum Gasteiger partial charge on any atom is -0.424 e. The van der Waals surface area contributed by atoms with Crippen LogP contribution in [0, 0.1) is 0 Å². The SMILES string of the molecule is CCC1(C(=O)Oc2ccccc2)OC12CCCC2. The first-order valence-electron chi connectivity index (χ1n) is 6.70. The van der Waals surface area contributed by atoms with Crippen molar-refractivity contribution >= 4 is 5.97 Å². The van der Waals surface area contributed by atoms with Gasteiger partial charge in [-0.25, -0.2) is 4.79 Å². The molecule has 18 heavy (non-hydrogen) atoms. The van der Waals surface area contributed by atoms with Gasteiger partial charge in [-0.3, -0.25) is 0 Å². The van der Waals surface area contributed by atoms with Gasteiger partial charge in [-0.2, -0.15) is 0 Å². The van der Waals surface area contributed by atoms with Crippen molar-refractivity contribution in [3.8, 4) is 5.75 Å². The van der Waals surface area contributed by atoms with Crippen LogP contribution >= 0.6 is 0 Å². The number of carbonyl (C=O) groups excluding carboxylic acids is 1. The van der Waals surface area contributed by atoms with Gasteiger partial charge in [-0.15, -0.1) is 0 Å².